The van der Waals surface area contributed by atoms with Gasteiger partial charge in [0.2, 0.25) is 0 Å². The fourth-order valence-corrected chi connectivity index (χ4v) is 3.19. The first-order valence-electron chi connectivity index (χ1n) is 8.90. The number of benzene rings is 2. The van der Waals surface area contributed by atoms with Gasteiger partial charge in [0.25, 0.3) is 5.91 Å². The minimum Gasteiger partial charge on any atom is -0.497 e. The Kier molecular flexibility index (Phi) is 5.71. The Labute approximate surface area is 149 Å². The van der Waals surface area contributed by atoms with Gasteiger partial charge >= 0.3 is 0 Å². The van der Waals surface area contributed by atoms with Crippen LogP contribution in [-0.4, -0.2) is 25.7 Å². The molecule has 0 N–H and O–H groups in total. The van der Waals surface area contributed by atoms with Crippen LogP contribution in [0.2, 0.25) is 0 Å². The lowest BCUT2D eigenvalue weighted by Gasteiger charge is -2.47. The Balaban J connectivity index is 1.80. The molecule has 0 aliphatic carbocycles. The third-order valence-corrected chi connectivity index (χ3v) is 4.58. The topological polar surface area (TPSA) is 38.8 Å². The van der Waals surface area contributed by atoms with Gasteiger partial charge in [0.05, 0.1) is 13.2 Å². The number of rotatable bonds is 8. The maximum atomic E-state index is 12.7. The molecule has 1 aliphatic heterocycles. The lowest BCUT2D eigenvalue weighted by atomic mass is 9.89. The number of amides is 1. The highest BCUT2D eigenvalue weighted by molar-refractivity contribution is 6.05. The van der Waals surface area contributed by atoms with Crippen LogP contribution in [0, 0.1) is 0 Å². The van der Waals surface area contributed by atoms with Gasteiger partial charge in [-0.05, 0) is 36.2 Å². The monoisotopic (exact) mass is 339 g/mol. The predicted octanol–water partition coefficient (Wildman–Crippen LogP) is 4.36. The maximum Gasteiger partial charge on any atom is 0.259 e. The molecule has 25 heavy (non-hydrogen) atoms. The summed E-state index contributed by atoms with van der Waals surface area (Å²) < 4.78 is 11.1. The van der Waals surface area contributed by atoms with E-state index in [1.807, 2.05) is 47.4 Å². The van der Waals surface area contributed by atoms with Crippen molar-refractivity contribution < 1.29 is 14.3 Å². The Hall–Kier alpha value is -2.33. The van der Waals surface area contributed by atoms with Crippen LogP contribution in [0.4, 0.5) is 5.69 Å². The van der Waals surface area contributed by atoms with Crippen molar-refractivity contribution in [2.75, 3.05) is 18.6 Å². The summed E-state index contributed by atoms with van der Waals surface area (Å²) in [6.45, 7) is 2.79. The molecular weight excluding hydrogens is 314 g/mol. The van der Waals surface area contributed by atoms with Gasteiger partial charge in [0.15, 0.2) is 6.10 Å². The Morgan fingerprint density at radius 3 is 2.36 bits per heavy atom. The van der Waals surface area contributed by atoms with Crippen molar-refractivity contribution in [3.63, 3.8) is 0 Å². The van der Waals surface area contributed by atoms with Gasteiger partial charge in [0, 0.05) is 12.3 Å². The van der Waals surface area contributed by atoms with E-state index in [0.717, 1.165) is 36.3 Å². The number of nitrogens with zero attached hydrogens (tertiary/aromatic N) is 1. The standard InChI is InChI=1S/C21H25NO3/c1-3-4-8-15-25-20-19(16-9-6-5-7-10-16)22(21(20)23)17-11-13-18(24-2)14-12-17/h5-7,9-14,19-20H,3-4,8,15H2,1-2H3. The van der Waals surface area contributed by atoms with E-state index in [1.54, 1.807) is 7.11 Å². The van der Waals surface area contributed by atoms with Crippen LogP contribution in [0.5, 0.6) is 5.75 Å². The van der Waals surface area contributed by atoms with Crippen LogP contribution in [-0.2, 0) is 9.53 Å². The molecule has 2 atom stereocenters. The van der Waals surface area contributed by atoms with Crippen LogP contribution in [0.1, 0.15) is 37.8 Å². The smallest absolute Gasteiger partial charge is 0.259 e. The maximum absolute atomic E-state index is 12.7. The summed E-state index contributed by atoms with van der Waals surface area (Å²) in [6, 6.07) is 17.6. The molecule has 1 aliphatic rings. The number of carbonyl (C=O) groups is 1. The highest BCUT2D eigenvalue weighted by atomic mass is 16.5. The number of unbranched alkanes of at least 4 members (excludes halogenated alkanes) is 2. The van der Waals surface area contributed by atoms with E-state index in [-0.39, 0.29) is 11.9 Å². The van der Waals surface area contributed by atoms with Crippen molar-refractivity contribution in [1.82, 2.24) is 0 Å². The largest absolute Gasteiger partial charge is 0.497 e. The summed E-state index contributed by atoms with van der Waals surface area (Å²) in [5, 5.41) is 0. The van der Waals surface area contributed by atoms with E-state index >= 15 is 0 Å². The molecule has 0 spiro atoms. The van der Waals surface area contributed by atoms with Crippen LogP contribution < -0.4 is 9.64 Å². The number of methoxy groups -OCH3 is 1. The molecule has 2 unspecified atom stereocenters. The van der Waals surface area contributed by atoms with E-state index in [1.165, 1.54) is 0 Å². The van der Waals surface area contributed by atoms with Crippen molar-refractivity contribution in [2.24, 2.45) is 0 Å². The number of ether oxygens (including phenoxy) is 2. The lowest BCUT2D eigenvalue weighted by Crippen LogP contribution is -2.60. The molecule has 1 fully saturated rings. The molecular formula is C21H25NO3. The molecule has 3 rings (SSSR count). The van der Waals surface area contributed by atoms with Gasteiger partial charge in [-0.15, -0.1) is 0 Å². The molecule has 0 radical (unpaired) electrons. The number of anilines is 1. The van der Waals surface area contributed by atoms with Crippen molar-refractivity contribution in [3.05, 3.63) is 60.2 Å². The Morgan fingerprint density at radius 2 is 1.72 bits per heavy atom. The molecule has 132 valence electrons. The number of carbonyl (C=O) groups excluding carboxylic acids is 1. The van der Waals surface area contributed by atoms with Crippen molar-refractivity contribution >= 4 is 11.6 Å². The zero-order chi connectivity index (χ0) is 17.6. The van der Waals surface area contributed by atoms with Crippen molar-refractivity contribution in [2.45, 2.75) is 38.3 Å². The molecule has 0 saturated carbocycles. The van der Waals surface area contributed by atoms with Crippen LogP contribution in [0.15, 0.2) is 54.6 Å². The average Bonchev–Trinajstić information content (AvgIpc) is 2.66. The number of hydrogen-bond acceptors (Lipinski definition) is 3. The fraction of sp³-hybridized carbons (Fsp3) is 0.381. The molecule has 1 amide bonds. The second-order valence-corrected chi connectivity index (χ2v) is 6.26. The molecule has 4 nitrogen and oxygen atoms in total. The molecule has 2 aromatic carbocycles. The van der Waals surface area contributed by atoms with Gasteiger partial charge in [-0.1, -0.05) is 50.1 Å². The zero-order valence-electron chi connectivity index (χ0n) is 14.9. The van der Waals surface area contributed by atoms with Gasteiger partial charge in [-0.3, -0.25) is 9.69 Å². The minimum atomic E-state index is -0.402. The zero-order valence-corrected chi connectivity index (χ0v) is 14.9. The van der Waals surface area contributed by atoms with Crippen LogP contribution in [0.25, 0.3) is 0 Å². The van der Waals surface area contributed by atoms with Gasteiger partial charge in [-0.25, -0.2) is 0 Å². The lowest BCUT2D eigenvalue weighted by molar-refractivity contribution is -0.142. The van der Waals surface area contributed by atoms with Gasteiger partial charge in [-0.2, -0.15) is 0 Å². The summed E-state index contributed by atoms with van der Waals surface area (Å²) in [4.78, 5) is 14.6. The van der Waals surface area contributed by atoms with Crippen LogP contribution in [0.3, 0.4) is 0 Å². The van der Waals surface area contributed by atoms with E-state index in [2.05, 4.69) is 19.1 Å². The molecule has 2 aromatic rings. The fourth-order valence-electron chi connectivity index (χ4n) is 3.19. The molecule has 1 heterocycles. The molecule has 0 aromatic heterocycles. The summed E-state index contributed by atoms with van der Waals surface area (Å²) in [5.74, 6) is 0.802. The summed E-state index contributed by atoms with van der Waals surface area (Å²) in [6.07, 6.45) is 2.85. The molecule has 0 bridgehead atoms. The Morgan fingerprint density at radius 1 is 1.00 bits per heavy atom. The normalized spacial score (nSPS) is 19.6. The quantitative estimate of drug-likeness (QED) is 0.530. The second-order valence-electron chi connectivity index (χ2n) is 6.26. The predicted molar refractivity (Wildman–Crippen MR) is 98.9 cm³/mol. The summed E-state index contributed by atoms with van der Waals surface area (Å²) in [5.41, 5.74) is 1.96. The third-order valence-electron chi connectivity index (χ3n) is 4.58. The first-order valence-corrected chi connectivity index (χ1v) is 8.90. The first-order chi connectivity index (χ1) is 12.3. The van der Waals surface area contributed by atoms with E-state index < -0.39 is 6.10 Å². The van der Waals surface area contributed by atoms with E-state index in [0.29, 0.717) is 6.61 Å². The van der Waals surface area contributed by atoms with Crippen molar-refractivity contribution in [3.8, 4) is 5.75 Å². The Bertz CT molecular complexity index is 684. The SMILES string of the molecule is CCCCCOC1C(=O)N(c2ccc(OC)cc2)C1c1ccccc1. The highest BCUT2D eigenvalue weighted by Crippen LogP contribution is 2.41. The number of hydrogen-bond donors (Lipinski definition) is 0. The van der Waals surface area contributed by atoms with Crippen LogP contribution >= 0.6 is 0 Å². The van der Waals surface area contributed by atoms with E-state index in [4.69, 9.17) is 9.47 Å². The number of β-lactam (4-membered cyclic amide) rings is 1. The summed E-state index contributed by atoms with van der Waals surface area (Å²) in [7, 11) is 1.64. The highest BCUT2D eigenvalue weighted by Gasteiger charge is 2.49. The third kappa shape index (κ3) is 3.69. The minimum absolute atomic E-state index is 0.0236. The van der Waals surface area contributed by atoms with Gasteiger partial charge < -0.3 is 9.47 Å². The molecule has 4 heteroatoms. The molecule has 1 saturated heterocycles. The van der Waals surface area contributed by atoms with Gasteiger partial charge in [0.1, 0.15) is 5.75 Å². The second kappa shape index (κ2) is 8.17. The van der Waals surface area contributed by atoms with E-state index in [9.17, 15) is 4.79 Å². The average molecular weight is 339 g/mol. The first kappa shape index (κ1) is 17.5. The summed E-state index contributed by atoms with van der Waals surface area (Å²) >= 11 is 0. The van der Waals surface area contributed by atoms with Crippen molar-refractivity contribution in [1.29, 1.82) is 0 Å².